The zero-order chi connectivity index (χ0) is 20.2. The molecule has 2 aliphatic rings. The normalized spacial score (nSPS) is 22.0. The highest BCUT2D eigenvalue weighted by molar-refractivity contribution is 8.00. The Labute approximate surface area is 177 Å². The number of amides is 1. The molecule has 4 rings (SSSR count). The number of aromatic nitrogens is 3. The number of carbonyl (C=O) groups is 1. The van der Waals surface area contributed by atoms with Gasteiger partial charge in [0.1, 0.15) is 0 Å². The third-order valence-corrected chi connectivity index (χ3v) is 7.40. The Morgan fingerprint density at radius 2 is 2.00 bits per heavy atom. The average Bonchev–Trinajstić information content (AvgIpc) is 3.43. The number of hydrogen-bond donors (Lipinski definition) is 0. The Kier molecular flexibility index (Phi) is 6.63. The fourth-order valence-corrected chi connectivity index (χ4v) is 5.75. The Morgan fingerprint density at radius 3 is 2.72 bits per heavy atom. The van der Waals surface area contributed by atoms with Crippen LogP contribution in [0, 0.1) is 0 Å². The van der Waals surface area contributed by atoms with Crippen molar-refractivity contribution in [3.63, 3.8) is 0 Å². The summed E-state index contributed by atoms with van der Waals surface area (Å²) in [4.78, 5) is 15.3. The van der Waals surface area contributed by atoms with Crippen molar-refractivity contribution in [2.45, 2.75) is 94.1 Å². The third-order valence-electron chi connectivity index (χ3n) is 6.36. The van der Waals surface area contributed by atoms with Crippen LogP contribution in [-0.2, 0) is 4.79 Å². The highest BCUT2D eigenvalue weighted by Crippen LogP contribution is 2.37. The number of nitrogens with zero attached hydrogens (tertiary/aromatic N) is 4. The molecule has 2 aromatic heterocycles. The molecule has 7 heteroatoms. The molecule has 3 heterocycles. The van der Waals surface area contributed by atoms with Crippen molar-refractivity contribution < 1.29 is 9.21 Å². The van der Waals surface area contributed by atoms with E-state index in [0.717, 1.165) is 55.4 Å². The number of piperidine rings is 1. The molecule has 0 bridgehead atoms. The summed E-state index contributed by atoms with van der Waals surface area (Å²) < 4.78 is 7.87. The molecule has 2 unspecified atom stereocenters. The fourth-order valence-electron chi connectivity index (χ4n) is 4.76. The van der Waals surface area contributed by atoms with Crippen LogP contribution in [0.25, 0.3) is 11.6 Å². The summed E-state index contributed by atoms with van der Waals surface area (Å²) >= 11 is 1.55. The SMILES string of the molecule is CCC1CCCCN1C(=O)C(C)Sc1nnc(-c2ccco2)n1C1CCCCC1. The second kappa shape index (κ2) is 9.37. The molecule has 29 heavy (non-hydrogen) atoms. The van der Waals surface area contributed by atoms with Crippen molar-refractivity contribution in [3.05, 3.63) is 18.4 Å². The van der Waals surface area contributed by atoms with E-state index in [9.17, 15) is 4.79 Å². The Hall–Kier alpha value is -1.76. The molecule has 0 N–H and O–H groups in total. The Morgan fingerprint density at radius 1 is 1.21 bits per heavy atom. The summed E-state index contributed by atoms with van der Waals surface area (Å²) in [5, 5.41) is 9.64. The van der Waals surface area contributed by atoms with E-state index >= 15 is 0 Å². The van der Waals surface area contributed by atoms with Gasteiger partial charge in [-0.1, -0.05) is 37.9 Å². The van der Waals surface area contributed by atoms with E-state index in [4.69, 9.17) is 4.42 Å². The Bertz CT molecular complexity index is 798. The summed E-state index contributed by atoms with van der Waals surface area (Å²) in [6, 6.07) is 4.58. The molecule has 6 nitrogen and oxygen atoms in total. The molecule has 158 valence electrons. The molecule has 2 aromatic rings. The maximum absolute atomic E-state index is 13.2. The summed E-state index contributed by atoms with van der Waals surface area (Å²) in [7, 11) is 0. The van der Waals surface area contributed by atoms with Gasteiger partial charge < -0.3 is 9.32 Å². The first kappa shape index (κ1) is 20.5. The zero-order valence-corrected chi connectivity index (χ0v) is 18.4. The van der Waals surface area contributed by atoms with Crippen LogP contribution in [0.5, 0.6) is 0 Å². The van der Waals surface area contributed by atoms with Crippen molar-refractivity contribution in [3.8, 4) is 11.6 Å². The minimum atomic E-state index is -0.168. The van der Waals surface area contributed by atoms with Crippen LogP contribution in [-0.4, -0.2) is 43.4 Å². The lowest BCUT2D eigenvalue weighted by atomic mass is 9.95. The van der Waals surface area contributed by atoms with Crippen LogP contribution in [0.1, 0.15) is 77.7 Å². The van der Waals surface area contributed by atoms with Crippen molar-refractivity contribution in [2.24, 2.45) is 0 Å². The molecule has 1 aliphatic carbocycles. The lowest BCUT2D eigenvalue weighted by Crippen LogP contribution is -2.46. The van der Waals surface area contributed by atoms with Gasteiger partial charge in [-0.2, -0.15) is 0 Å². The number of likely N-dealkylation sites (tertiary alicyclic amines) is 1. The summed E-state index contributed by atoms with van der Waals surface area (Å²) in [6.45, 7) is 5.08. The van der Waals surface area contributed by atoms with E-state index in [1.807, 2.05) is 19.1 Å². The quantitative estimate of drug-likeness (QED) is 0.597. The van der Waals surface area contributed by atoms with Crippen molar-refractivity contribution in [1.29, 1.82) is 0 Å². The monoisotopic (exact) mass is 416 g/mol. The maximum Gasteiger partial charge on any atom is 0.236 e. The highest BCUT2D eigenvalue weighted by atomic mass is 32.2. The van der Waals surface area contributed by atoms with Crippen LogP contribution in [0.15, 0.2) is 28.0 Å². The molecule has 2 fully saturated rings. The van der Waals surface area contributed by atoms with Gasteiger partial charge in [-0.25, -0.2) is 0 Å². The van der Waals surface area contributed by atoms with Gasteiger partial charge >= 0.3 is 0 Å². The molecule has 0 spiro atoms. The number of furan rings is 1. The molecule has 0 radical (unpaired) electrons. The molecular weight excluding hydrogens is 384 g/mol. The van der Waals surface area contributed by atoms with Gasteiger partial charge in [0.05, 0.1) is 11.5 Å². The standard InChI is InChI=1S/C22H32N4O2S/c1-3-17-10-7-8-14-25(17)21(27)16(2)29-22-24-23-20(19-13-9-15-28-19)26(22)18-11-5-4-6-12-18/h9,13,15-18H,3-8,10-12,14H2,1-2H3. The minimum absolute atomic E-state index is 0.168. The second-order valence-corrected chi connectivity index (χ2v) is 9.60. The number of rotatable bonds is 6. The van der Waals surface area contributed by atoms with Crippen molar-refractivity contribution >= 4 is 17.7 Å². The molecular formula is C22H32N4O2S. The lowest BCUT2D eigenvalue weighted by Gasteiger charge is -2.36. The smallest absolute Gasteiger partial charge is 0.236 e. The molecule has 2 atom stereocenters. The molecule has 0 aromatic carbocycles. The van der Waals surface area contributed by atoms with Crippen LogP contribution in [0.3, 0.4) is 0 Å². The number of hydrogen-bond acceptors (Lipinski definition) is 5. The number of carbonyl (C=O) groups excluding carboxylic acids is 1. The predicted molar refractivity (Wildman–Crippen MR) is 115 cm³/mol. The molecule has 1 saturated heterocycles. The number of thioether (sulfide) groups is 1. The van der Waals surface area contributed by atoms with E-state index in [0.29, 0.717) is 12.1 Å². The van der Waals surface area contributed by atoms with Gasteiger partial charge in [-0.15, -0.1) is 10.2 Å². The first-order chi connectivity index (χ1) is 14.2. The summed E-state index contributed by atoms with van der Waals surface area (Å²) in [6.07, 6.45) is 12.2. The predicted octanol–water partition coefficient (Wildman–Crippen LogP) is 5.32. The van der Waals surface area contributed by atoms with E-state index in [2.05, 4.69) is 26.6 Å². The van der Waals surface area contributed by atoms with Crippen LogP contribution >= 0.6 is 11.8 Å². The van der Waals surface area contributed by atoms with Crippen molar-refractivity contribution in [2.75, 3.05) is 6.54 Å². The summed E-state index contributed by atoms with van der Waals surface area (Å²) in [5.74, 6) is 1.77. The van der Waals surface area contributed by atoms with E-state index in [-0.39, 0.29) is 11.2 Å². The minimum Gasteiger partial charge on any atom is -0.461 e. The highest BCUT2D eigenvalue weighted by Gasteiger charge is 2.32. The third kappa shape index (κ3) is 4.39. The van der Waals surface area contributed by atoms with Gasteiger partial charge in [0, 0.05) is 18.6 Å². The topological polar surface area (TPSA) is 64.2 Å². The second-order valence-electron chi connectivity index (χ2n) is 8.29. The van der Waals surface area contributed by atoms with Gasteiger partial charge in [-0.05, 0) is 57.6 Å². The first-order valence-electron chi connectivity index (χ1n) is 11.1. The van der Waals surface area contributed by atoms with Crippen LogP contribution in [0.4, 0.5) is 0 Å². The van der Waals surface area contributed by atoms with Crippen LogP contribution in [0.2, 0.25) is 0 Å². The van der Waals surface area contributed by atoms with E-state index in [1.165, 1.54) is 25.7 Å². The fraction of sp³-hybridized carbons (Fsp3) is 0.682. The lowest BCUT2D eigenvalue weighted by molar-refractivity contribution is -0.134. The van der Waals surface area contributed by atoms with Gasteiger partial charge in [0.25, 0.3) is 0 Å². The largest absolute Gasteiger partial charge is 0.461 e. The first-order valence-corrected chi connectivity index (χ1v) is 12.0. The molecule has 1 saturated carbocycles. The molecule has 1 amide bonds. The van der Waals surface area contributed by atoms with Gasteiger partial charge in [0.2, 0.25) is 11.7 Å². The van der Waals surface area contributed by atoms with E-state index < -0.39 is 0 Å². The Balaban J connectivity index is 1.57. The summed E-state index contributed by atoms with van der Waals surface area (Å²) in [5.41, 5.74) is 0. The van der Waals surface area contributed by atoms with Crippen LogP contribution < -0.4 is 0 Å². The average molecular weight is 417 g/mol. The molecule has 1 aliphatic heterocycles. The van der Waals surface area contributed by atoms with Gasteiger partial charge in [0.15, 0.2) is 10.9 Å². The maximum atomic E-state index is 13.2. The van der Waals surface area contributed by atoms with E-state index in [1.54, 1.807) is 18.0 Å². The van der Waals surface area contributed by atoms with Gasteiger partial charge in [-0.3, -0.25) is 9.36 Å². The van der Waals surface area contributed by atoms with Crippen molar-refractivity contribution in [1.82, 2.24) is 19.7 Å². The zero-order valence-electron chi connectivity index (χ0n) is 17.5.